The monoisotopic (exact) mass is 203 g/mol. The van der Waals surface area contributed by atoms with Gasteiger partial charge in [0.1, 0.15) is 0 Å². The van der Waals surface area contributed by atoms with Gasteiger partial charge in [-0.25, -0.2) is 0 Å². The Morgan fingerprint density at radius 1 is 1.20 bits per heavy atom. The van der Waals surface area contributed by atoms with Gasteiger partial charge in [-0.2, -0.15) is 0 Å². The molecule has 0 aliphatic heterocycles. The fourth-order valence-electron chi connectivity index (χ4n) is 2.02. The molecule has 2 heteroatoms. The zero-order valence-corrected chi connectivity index (χ0v) is 9.55. The smallest absolute Gasteiger partial charge is 0.252 e. The zero-order chi connectivity index (χ0) is 11.0. The van der Waals surface area contributed by atoms with Gasteiger partial charge < -0.3 is 5.32 Å². The van der Waals surface area contributed by atoms with Crippen molar-refractivity contribution in [1.82, 2.24) is 5.32 Å². The molecule has 0 spiro atoms. The van der Waals surface area contributed by atoms with E-state index in [1.807, 2.05) is 13.8 Å². The predicted octanol–water partition coefficient (Wildman–Crippen LogP) is 2.50. The number of amides is 1. The van der Waals surface area contributed by atoms with E-state index in [1.165, 1.54) is 5.56 Å². The normalized spacial score (nSPS) is 15.1. The van der Waals surface area contributed by atoms with E-state index in [-0.39, 0.29) is 5.91 Å². The van der Waals surface area contributed by atoms with Crippen LogP contribution in [0.15, 0.2) is 12.1 Å². The van der Waals surface area contributed by atoms with Crippen LogP contribution < -0.4 is 5.32 Å². The molecule has 15 heavy (non-hydrogen) atoms. The number of nitrogens with one attached hydrogen (secondary N) is 1. The lowest BCUT2D eigenvalue weighted by Gasteiger charge is -2.11. The Kier molecular flexibility index (Phi) is 2.51. The van der Waals surface area contributed by atoms with Gasteiger partial charge in [0.2, 0.25) is 0 Å². The standard InChI is InChI=1S/C13H17NO/c1-8-6-9(2)12(10(3)7-8)13(15)14-11-4-5-11/h6-7,11H,4-5H2,1-3H3,(H,14,15). The molecule has 1 aromatic carbocycles. The molecule has 1 aromatic rings. The first-order chi connectivity index (χ1) is 7.08. The van der Waals surface area contributed by atoms with Gasteiger partial charge in [0.15, 0.2) is 0 Å². The van der Waals surface area contributed by atoms with Crippen LogP contribution in [0.3, 0.4) is 0 Å². The summed E-state index contributed by atoms with van der Waals surface area (Å²) in [7, 11) is 0. The molecular formula is C13H17NO. The van der Waals surface area contributed by atoms with Crippen molar-refractivity contribution in [2.45, 2.75) is 39.7 Å². The van der Waals surface area contributed by atoms with Crippen LogP contribution in [0.5, 0.6) is 0 Å². The first-order valence-corrected chi connectivity index (χ1v) is 5.46. The molecule has 1 amide bonds. The van der Waals surface area contributed by atoms with Crippen molar-refractivity contribution < 1.29 is 4.79 Å². The van der Waals surface area contributed by atoms with Crippen LogP contribution in [-0.4, -0.2) is 11.9 Å². The molecule has 0 bridgehead atoms. The van der Waals surface area contributed by atoms with E-state index >= 15 is 0 Å². The predicted molar refractivity (Wildman–Crippen MR) is 61.1 cm³/mol. The summed E-state index contributed by atoms with van der Waals surface area (Å²) in [5.74, 6) is 0.0903. The highest BCUT2D eigenvalue weighted by atomic mass is 16.1. The fourth-order valence-corrected chi connectivity index (χ4v) is 2.02. The van der Waals surface area contributed by atoms with Gasteiger partial charge >= 0.3 is 0 Å². The molecule has 2 rings (SSSR count). The first-order valence-electron chi connectivity index (χ1n) is 5.46. The first kappa shape index (κ1) is 10.2. The number of hydrogen-bond acceptors (Lipinski definition) is 1. The topological polar surface area (TPSA) is 29.1 Å². The Bertz CT molecular complexity index is 382. The Morgan fingerprint density at radius 3 is 2.20 bits per heavy atom. The molecule has 2 nitrogen and oxygen atoms in total. The minimum absolute atomic E-state index is 0.0903. The lowest BCUT2D eigenvalue weighted by molar-refractivity contribution is 0.0950. The summed E-state index contributed by atoms with van der Waals surface area (Å²) in [5, 5.41) is 3.03. The van der Waals surface area contributed by atoms with Crippen LogP contribution in [-0.2, 0) is 0 Å². The lowest BCUT2D eigenvalue weighted by Crippen LogP contribution is -2.26. The zero-order valence-electron chi connectivity index (χ0n) is 9.55. The van der Waals surface area contributed by atoms with Gasteiger partial charge in [-0.15, -0.1) is 0 Å². The Hall–Kier alpha value is -1.31. The number of benzene rings is 1. The van der Waals surface area contributed by atoms with Crippen LogP contribution in [0.4, 0.5) is 0 Å². The summed E-state index contributed by atoms with van der Waals surface area (Å²) in [5.41, 5.74) is 4.22. The molecule has 0 atom stereocenters. The number of carbonyl (C=O) groups is 1. The summed E-state index contributed by atoms with van der Waals surface area (Å²) in [6, 6.07) is 4.56. The van der Waals surface area contributed by atoms with Crippen LogP contribution >= 0.6 is 0 Å². The summed E-state index contributed by atoms with van der Waals surface area (Å²) in [6.45, 7) is 6.06. The van der Waals surface area contributed by atoms with E-state index < -0.39 is 0 Å². The minimum Gasteiger partial charge on any atom is -0.349 e. The van der Waals surface area contributed by atoms with Crippen molar-refractivity contribution >= 4 is 5.91 Å². The summed E-state index contributed by atoms with van der Waals surface area (Å²) >= 11 is 0. The third-order valence-electron chi connectivity index (χ3n) is 2.82. The Balaban J connectivity index is 2.29. The van der Waals surface area contributed by atoms with Crippen LogP contribution in [0.2, 0.25) is 0 Å². The van der Waals surface area contributed by atoms with E-state index in [4.69, 9.17) is 0 Å². The van der Waals surface area contributed by atoms with Crippen molar-refractivity contribution in [3.8, 4) is 0 Å². The van der Waals surface area contributed by atoms with Gasteiger partial charge in [0, 0.05) is 11.6 Å². The maximum Gasteiger partial charge on any atom is 0.252 e. The van der Waals surface area contributed by atoms with Gasteiger partial charge in [-0.3, -0.25) is 4.79 Å². The molecular weight excluding hydrogens is 186 g/mol. The maximum atomic E-state index is 11.9. The molecule has 1 aliphatic rings. The molecule has 1 N–H and O–H groups in total. The number of aryl methyl sites for hydroxylation is 3. The van der Waals surface area contributed by atoms with Crippen LogP contribution in [0.1, 0.15) is 39.9 Å². The van der Waals surface area contributed by atoms with E-state index in [1.54, 1.807) is 0 Å². The Labute approximate surface area is 90.7 Å². The van der Waals surface area contributed by atoms with E-state index in [0.717, 1.165) is 29.5 Å². The van der Waals surface area contributed by atoms with E-state index in [2.05, 4.69) is 24.4 Å². The number of rotatable bonds is 2. The molecule has 0 unspecified atom stereocenters. The van der Waals surface area contributed by atoms with Gasteiger partial charge in [0.25, 0.3) is 5.91 Å². The van der Waals surface area contributed by atoms with Crippen molar-refractivity contribution in [2.24, 2.45) is 0 Å². The lowest BCUT2D eigenvalue weighted by atomic mass is 9.99. The highest BCUT2D eigenvalue weighted by Crippen LogP contribution is 2.21. The highest BCUT2D eigenvalue weighted by molar-refractivity contribution is 5.97. The second-order valence-corrected chi connectivity index (χ2v) is 4.52. The molecule has 1 aliphatic carbocycles. The van der Waals surface area contributed by atoms with Crippen molar-refractivity contribution in [1.29, 1.82) is 0 Å². The maximum absolute atomic E-state index is 11.9. The van der Waals surface area contributed by atoms with E-state index in [9.17, 15) is 4.79 Å². The highest BCUT2D eigenvalue weighted by Gasteiger charge is 2.25. The molecule has 0 saturated heterocycles. The summed E-state index contributed by atoms with van der Waals surface area (Å²) in [4.78, 5) is 11.9. The molecule has 1 fully saturated rings. The SMILES string of the molecule is Cc1cc(C)c(C(=O)NC2CC2)c(C)c1. The van der Waals surface area contributed by atoms with Gasteiger partial charge in [0.05, 0.1) is 0 Å². The van der Waals surface area contributed by atoms with Crippen LogP contribution in [0.25, 0.3) is 0 Å². The quantitative estimate of drug-likeness (QED) is 0.786. The van der Waals surface area contributed by atoms with Crippen molar-refractivity contribution in [3.05, 3.63) is 34.4 Å². The van der Waals surface area contributed by atoms with E-state index in [0.29, 0.717) is 6.04 Å². The third-order valence-corrected chi connectivity index (χ3v) is 2.82. The molecule has 0 radical (unpaired) electrons. The second kappa shape index (κ2) is 3.69. The Morgan fingerprint density at radius 2 is 1.73 bits per heavy atom. The summed E-state index contributed by atoms with van der Waals surface area (Å²) in [6.07, 6.45) is 2.27. The molecule has 1 saturated carbocycles. The number of hydrogen-bond donors (Lipinski definition) is 1. The fraction of sp³-hybridized carbons (Fsp3) is 0.462. The third kappa shape index (κ3) is 2.20. The average Bonchev–Trinajstić information content (AvgIpc) is 2.85. The average molecular weight is 203 g/mol. The molecule has 80 valence electrons. The second-order valence-electron chi connectivity index (χ2n) is 4.52. The summed E-state index contributed by atoms with van der Waals surface area (Å²) < 4.78 is 0. The van der Waals surface area contributed by atoms with Crippen molar-refractivity contribution in [3.63, 3.8) is 0 Å². The van der Waals surface area contributed by atoms with Gasteiger partial charge in [-0.1, -0.05) is 17.7 Å². The molecule has 0 heterocycles. The van der Waals surface area contributed by atoms with Crippen molar-refractivity contribution in [2.75, 3.05) is 0 Å². The van der Waals surface area contributed by atoms with Gasteiger partial charge in [-0.05, 0) is 44.7 Å². The number of carbonyl (C=O) groups excluding carboxylic acids is 1. The minimum atomic E-state index is 0.0903. The molecule has 0 aromatic heterocycles. The largest absolute Gasteiger partial charge is 0.349 e. The van der Waals surface area contributed by atoms with Crippen LogP contribution in [0, 0.1) is 20.8 Å².